The molecule has 0 unspecified atom stereocenters. The molecule has 1 aromatic heterocycles. The summed E-state index contributed by atoms with van der Waals surface area (Å²) in [6.07, 6.45) is 0.222. The van der Waals surface area contributed by atoms with Crippen LogP contribution in [-0.4, -0.2) is 25.1 Å². The molecule has 1 amide bonds. The summed E-state index contributed by atoms with van der Waals surface area (Å²) in [6, 6.07) is 13.1. The highest BCUT2D eigenvalue weighted by Gasteiger charge is 2.11. The molecular weight excluding hydrogens is 348 g/mol. The lowest BCUT2D eigenvalue weighted by molar-refractivity contribution is -0.115. The molecule has 0 atom stereocenters. The van der Waals surface area contributed by atoms with E-state index in [9.17, 15) is 4.79 Å². The number of ether oxygens (including phenoxy) is 2. The van der Waals surface area contributed by atoms with Crippen LogP contribution < -0.4 is 14.8 Å². The largest absolute Gasteiger partial charge is 0.497 e. The minimum absolute atomic E-state index is 0.106. The van der Waals surface area contributed by atoms with Gasteiger partial charge < -0.3 is 14.8 Å². The Bertz CT molecular complexity index is 904. The van der Waals surface area contributed by atoms with Crippen LogP contribution in [0.25, 0.3) is 11.3 Å². The molecule has 0 aliphatic heterocycles. The zero-order valence-electron chi connectivity index (χ0n) is 14.9. The summed E-state index contributed by atoms with van der Waals surface area (Å²) in [6.45, 7) is 1.98. The molecule has 0 aliphatic carbocycles. The number of hydrogen-bond donors (Lipinski definition) is 1. The van der Waals surface area contributed by atoms with E-state index >= 15 is 0 Å². The molecule has 5 nitrogen and oxygen atoms in total. The van der Waals surface area contributed by atoms with Crippen molar-refractivity contribution in [3.63, 3.8) is 0 Å². The van der Waals surface area contributed by atoms with Crippen molar-refractivity contribution in [2.75, 3.05) is 19.5 Å². The van der Waals surface area contributed by atoms with E-state index in [1.165, 1.54) is 0 Å². The first-order valence-electron chi connectivity index (χ1n) is 8.12. The zero-order valence-corrected chi connectivity index (χ0v) is 15.7. The first-order valence-corrected chi connectivity index (χ1v) is 9.00. The molecule has 0 aliphatic rings. The van der Waals surface area contributed by atoms with Gasteiger partial charge in [-0.1, -0.05) is 18.2 Å². The van der Waals surface area contributed by atoms with E-state index in [-0.39, 0.29) is 12.3 Å². The number of amides is 1. The van der Waals surface area contributed by atoms with Crippen molar-refractivity contribution in [2.24, 2.45) is 0 Å². The number of hydrogen-bond acceptors (Lipinski definition) is 5. The number of nitrogens with one attached hydrogen (secondary N) is 1. The fourth-order valence-corrected chi connectivity index (χ4v) is 3.22. The monoisotopic (exact) mass is 368 g/mol. The maximum absolute atomic E-state index is 12.4. The van der Waals surface area contributed by atoms with Crippen LogP contribution in [0.15, 0.2) is 47.8 Å². The molecule has 0 bridgehead atoms. The standard InChI is InChI=1S/C20H20N2O3S/c1-13-21-18(12-26-13)14-4-7-16(8-5-14)22-20(23)10-15-6-9-17(24-2)11-19(15)25-3/h4-9,11-12H,10H2,1-3H3,(H,22,23). The Morgan fingerprint density at radius 1 is 1.12 bits per heavy atom. The van der Waals surface area contributed by atoms with Gasteiger partial charge in [0, 0.05) is 28.3 Å². The number of carbonyl (C=O) groups is 1. The van der Waals surface area contributed by atoms with E-state index in [0.717, 1.165) is 27.5 Å². The predicted octanol–water partition coefficient (Wildman–Crippen LogP) is 4.32. The first-order chi connectivity index (χ1) is 12.6. The highest BCUT2D eigenvalue weighted by Crippen LogP contribution is 2.26. The van der Waals surface area contributed by atoms with E-state index in [1.54, 1.807) is 31.6 Å². The van der Waals surface area contributed by atoms with Gasteiger partial charge in [-0.25, -0.2) is 4.98 Å². The van der Waals surface area contributed by atoms with Gasteiger partial charge in [-0.05, 0) is 25.1 Å². The number of benzene rings is 2. The number of anilines is 1. The average Bonchev–Trinajstić information content (AvgIpc) is 3.09. The molecule has 3 aromatic rings. The van der Waals surface area contributed by atoms with Gasteiger partial charge >= 0.3 is 0 Å². The summed E-state index contributed by atoms with van der Waals surface area (Å²) in [5.74, 6) is 1.22. The summed E-state index contributed by atoms with van der Waals surface area (Å²) in [4.78, 5) is 16.8. The zero-order chi connectivity index (χ0) is 18.5. The third-order valence-corrected chi connectivity index (χ3v) is 4.70. The molecule has 2 aromatic carbocycles. The molecule has 0 fully saturated rings. The van der Waals surface area contributed by atoms with E-state index in [1.807, 2.05) is 48.7 Å². The van der Waals surface area contributed by atoms with Crippen LogP contribution in [0.5, 0.6) is 11.5 Å². The van der Waals surface area contributed by atoms with Crippen LogP contribution in [0, 0.1) is 6.92 Å². The Labute approximate surface area is 156 Å². The predicted molar refractivity (Wildman–Crippen MR) is 104 cm³/mol. The summed E-state index contributed by atoms with van der Waals surface area (Å²) in [7, 11) is 3.17. The Hall–Kier alpha value is -2.86. The molecule has 6 heteroatoms. The number of nitrogens with zero attached hydrogens (tertiary/aromatic N) is 1. The highest BCUT2D eigenvalue weighted by molar-refractivity contribution is 7.09. The fraction of sp³-hybridized carbons (Fsp3) is 0.200. The van der Waals surface area contributed by atoms with Gasteiger partial charge in [0.25, 0.3) is 0 Å². The van der Waals surface area contributed by atoms with Crippen molar-refractivity contribution >= 4 is 22.9 Å². The van der Waals surface area contributed by atoms with Crippen molar-refractivity contribution in [1.82, 2.24) is 4.98 Å². The van der Waals surface area contributed by atoms with Crippen LogP contribution in [0.3, 0.4) is 0 Å². The molecule has 26 heavy (non-hydrogen) atoms. The van der Waals surface area contributed by atoms with Crippen LogP contribution in [-0.2, 0) is 11.2 Å². The maximum Gasteiger partial charge on any atom is 0.228 e. The van der Waals surface area contributed by atoms with Gasteiger partial charge in [0.1, 0.15) is 11.5 Å². The third-order valence-electron chi connectivity index (χ3n) is 3.93. The summed E-state index contributed by atoms with van der Waals surface area (Å²) in [5.41, 5.74) is 3.54. The Morgan fingerprint density at radius 3 is 2.50 bits per heavy atom. The minimum Gasteiger partial charge on any atom is -0.497 e. The molecular formula is C20H20N2O3S. The van der Waals surface area contributed by atoms with Gasteiger partial charge in [-0.15, -0.1) is 11.3 Å². The van der Waals surface area contributed by atoms with E-state index < -0.39 is 0 Å². The Kier molecular flexibility index (Phi) is 5.53. The van der Waals surface area contributed by atoms with Crippen molar-refractivity contribution in [1.29, 1.82) is 0 Å². The lowest BCUT2D eigenvalue weighted by Gasteiger charge is -2.11. The second-order valence-corrected chi connectivity index (χ2v) is 6.79. The lowest BCUT2D eigenvalue weighted by atomic mass is 10.1. The molecule has 0 saturated heterocycles. The van der Waals surface area contributed by atoms with E-state index in [4.69, 9.17) is 9.47 Å². The Morgan fingerprint density at radius 2 is 1.88 bits per heavy atom. The number of carbonyl (C=O) groups excluding carboxylic acids is 1. The SMILES string of the molecule is COc1ccc(CC(=O)Nc2ccc(-c3csc(C)n3)cc2)c(OC)c1. The third kappa shape index (κ3) is 4.21. The lowest BCUT2D eigenvalue weighted by Crippen LogP contribution is -2.14. The molecule has 0 radical (unpaired) electrons. The van der Waals surface area contributed by atoms with Gasteiger partial charge in [0.15, 0.2) is 0 Å². The van der Waals surface area contributed by atoms with Crippen molar-refractivity contribution in [3.05, 3.63) is 58.4 Å². The second kappa shape index (κ2) is 8.01. The topological polar surface area (TPSA) is 60.5 Å². The van der Waals surface area contributed by atoms with Gasteiger partial charge in [0.2, 0.25) is 5.91 Å². The van der Waals surface area contributed by atoms with E-state index in [0.29, 0.717) is 11.5 Å². The molecule has 1 heterocycles. The summed E-state index contributed by atoms with van der Waals surface area (Å²) >= 11 is 1.62. The number of thiazole rings is 1. The molecule has 134 valence electrons. The maximum atomic E-state index is 12.4. The number of methoxy groups -OCH3 is 2. The highest BCUT2D eigenvalue weighted by atomic mass is 32.1. The summed E-state index contributed by atoms with van der Waals surface area (Å²) in [5, 5.41) is 5.97. The van der Waals surface area contributed by atoms with Gasteiger partial charge in [0.05, 0.1) is 31.3 Å². The van der Waals surface area contributed by atoms with Crippen LogP contribution in [0.1, 0.15) is 10.6 Å². The molecule has 0 spiro atoms. The molecule has 1 N–H and O–H groups in total. The second-order valence-electron chi connectivity index (χ2n) is 5.73. The van der Waals surface area contributed by atoms with Gasteiger partial charge in [-0.2, -0.15) is 0 Å². The fourth-order valence-electron chi connectivity index (χ4n) is 2.60. The first kappa shape index (κ1) is 17.9. The quantitative estimate of drug-likeness (QED) is 0.704. The van der Waals surface area contributed by atoms with Crippen LogP contribution >= 0.6 is 11.3 Å². The average molecular weight is 368 g/mol. The number of rotatable bonds is 6. The van der Waals surface area contributed by atoms with Crippen molar-refractivity contribution in [3.8, 4) is 22.8 Å². The summed E-state index contributed by atoms with van der Waals surface area (Å²) < 4.78 is 10.5. The number of aryl methyl sites for hydroxylation is 1. The van der Waals surface area contributed by atoms with Gasteiger partial charge in [-0.3, -0.25) is 4.79 Å². The number of aromatic nitrogens is 1. The molecule has 0 saturated carbocycles. The van der Waals surface area contributed by atoms with E-state index in [2.05, 4.69) is 10.3 Å². The molecule has 3 rings (SSSR count). The normalized spacial score (nSPS) is 10.4. The van der Waals surface area contributed by atoms with Crippen LogP contribution in [0.2, 0.25) is 0 Å². The van der Waals surface area contributed by atoms with Crippen LogP contribution in [0.4, 0.5) is 5.69 Å². The van der Waals surface area contributed by atoms with Crippen molar-refractivity contribution < 1.29 is 14.3 Å². The smallest absolute Gasteiger partial charge is 0.228 e. The minimum atomic E-state index is -0.106. The Balaban J connectivity index is 1.66. The van der Waals surface area contributed by atoms with Crippen molar-refractivity contribution in [2.45, 2.75) is 13.3 Å².